The SMILES string of the molecule is CCC(CC(=O)c1ccc(Cl)cc1Cl)c1ccc(OC)cc1OC. The number of benzene rings is 2. The fraction of sp³-hybridized carbons (Fsp3) is 0.316. The summed E-state index contributed by atoms with van der Waals surface area (Å²) in [5.74, 6) is 1.46. The molecule has 2 aromatic carbocycles. The molecule has 0 bridgehead atoms. The van der Waals surface area contributed by atoms with Crippen LogP contribution >= 0.6 is 23.2 Å². The van der Waals surface area contributed by atoms with Crippen molar-refractivity contribution in [3.63, 3.8) is 0 Å². The van der Waals surface area contributed by atoms with Crippen LogP contribution in [0, 0.1) is 0 Å². The normalized spacial score (nSPS) is 11.9. The Hall–Kier alpha value is -1.71. The quantitative estimate of drug-likeness (QED) is 0.582. The van der Waals surface area contributed by atoms with Gasteiger partial charge in [0.15, 0.2) is 5.78 Å². The summed E-state index contributed by atoms with van der Waals surface area (Å²) in [7, 11) is 3.22. The van der Waals surface area contributed by atoms with E-state index in [1.54, 1.807) is 32.4 Å². The van der Waals surface area contributed by atoms with Crippen LogP contribution in [-0.2, 0) is 0 Å². The van der Waals surface area contributed by atoms with Gasteiger partial charge in [-0.1, -0.05) is 36.2 Å². The smallest absolute Gasteiger partial charge is 0.164 e. The van der Waals surface area contributed by atoms with Gasteiger partial charge in [0, 0.05) is 23.1 Å². The highest BCUT2D eigenvalue weighted by atomic mass is 35.5. The first-order chi connectivity index (χ1) is 11.5. The zero-order valence-corrected chi connectivity index (χ0v) is 15.4. The molecule has 0 aliphatic heterocycles. The van der Waals surface area contributed by atoms with Gasteiger partial charge in [0.1, 0.15) is 11.5 Å². The molecule has 128 valence electrons. The van der Waals surface area contributed by atoms with Crippen molar-refractivity contribution in [3.8, 4) is 11.5 Å². The number of ketones is 1. The fourth-order valence-electron chi connectivity index (χ4n) is 2.68. The van der Waals surface area contributed by atoms with Gasteiger partial charge in [0.05, 0.1) is 19.2 Å². The molecule has 0 aliphatic rings. The minimum atomic E-state index is -0.0126. The van der Waals surface area contributed by atoms with E-state index in [9.17, 15) is 4.79 Å². The summed E-state index contributed by atoms with van der Waals surface area (Å²) in [5, 5.41) is 0.893. The Kier molecular flexibility index (Phi) is 6.52. The van der Waals surface area contributed by atoms with Gasteiger partial charge >= 0.3 is 0 Å². The minimum Gasteiger partial charge on any atom is -0.497 e. The Balaban J connectivity index is 2.27. The highest BCUT2D eigenvalue weighted by Gasteiger charge is 2.21. The molecule has 0 amide bonds. The summed E-state index contributed by atoms with van der Waals surface area (Å²) in [5.41, 5.74) is 1.48. The lowest BCUT2D eigenvalue weighted by Crippen LogP contribution is -2.09. The lowest BCUT2D eigenvalue weighted by atomic mass is 9.89. The number of carbonyl (C=O) groups is 1. The van der Waals surface area contributed by atoms with E-state index in [2.05, 4.69) is 0 Å². The Morgan fingerprint density at radius 2 is 1.83 bits per heavy atom. The predicted octanol–water partition coefficient (Wildman–Crippen LogP) is 5.78. The number of carbonyl (C=O) groups excluding carboxylic acids is 1. The van der Waals surface area contributed by atoms with Crippen LogP contribution in [0.25, 0.3) is 0 Å². The molecule has 0 fully saturated rings. The van der Waals surface area contributed by atoms with E-state index >= 15 is 0 Å². The van der Waals surface area contributed by atoms with Crippen molar-refractivity contribution < 1.29 is 14.3 Å². The van der Waals surface area contributed by atoms with Crippen LogP contribution in [0.3, 0.4) is 0 Å². The van der Waals surface area contributed by atoms with Crippen LogP contribution in [-0.4, -0.2) is 20.0 Å². The third kappa shape index (κ3) is 4.22. The Labute approximate surface area is 152 Å². The highest BCUT2D eigenvalue weighted by molar-refractivity contribution is 6.36. The second-order valence-electron chi connectivity index (χ2n) is 5.46. The number of hydrogen-bond acceptors (Lipinski definition) is 3. The van der Waals surface area contributed by atoms with Crippen LogP contribution in [0.15, 0.2) is 36.4 Å². The average Bonchev–Trinajstić information content (AvgIpc) is 2.58. The van der Waals surface area contributed by atoms with Crippen LogP contribution in [0.2, 0.25) is 10.0 Å². The van der Waals surface area contributed by atoms with Gasteiger partial charge in [-0.25, -0.2) is 0 Å². The van der Waals surface area contributed by atoms with Gasteiger partial charge in [0.25, 0.3) is 0 Å². The average molecular weight is 367 g/mol. The third-order valence-electron chi connectivity index (χ3n) is 4.04. The Morgan fingerprint density at radius 3 is 2.42 bits per heavy atom. The molecule has 1 unspecified atom stereocenters. The first-order valence-electron chi connectivity index (χ1n) is 7.70. The van der Waals surface area contributed by atoms with E-state index in [1.165, 1.54) is 0 Å². The molecule has 0 radical (unpaired) electrons. The fourth-order valence-corrected chi connectivity index (χ4v) is 3.19. The molecule has 5 heteroatoms. The molecule has 0 heterocycles. The van der Waals surface area contributed by atoms with Crippen LogP contribution in [0.1, 0.15) is 41.6 Å². The van der Waals surface area contributed by atoms with Crippen LogP contribution < -0.4 is 9.47 Å². The maximum absolute atomic E-state index is 12.6. The highest BCUT2D eigenvalue weighted by Crippen LogP contribution is 2.35. The summed E-state index contributed by atoms with van der Waals surface area (Å²) >= 11 is 12.0. The van der Waals surface area contributed by atoms with E-state index in [1.807, 2.05) is 25.1 Å². The Morgan fingerprint density at radius 1 is 1.08 bits per heavy atom. The number of rotatable bonds is 7. The van der Waals surface area contributed by atoms with Crippen LogP contribution in [0.5, 0.6) is 11.5 Å². The Bertz CT molecular complexity index is 729. The summed E-state index contributed by atoms with van der Waals surface area (Å²) in [6.45, 7) is 2.05. The van der Waals surface area contributed by atoms with Gasteiger partial charge in [-0.2, -0.15) is 0 Å². The summed E-state index contributed by atoms with van der Waals surface area (Å²) in [4.78, 5) is 12.6. The number of hydrogen-bond donors (Lipinski definition) is 0. The number of ether oxygens (including phenoxy) is 2. The van der Waals surface area contributed by atoms with Crippen LogP contribution in [0.4, 0.5) is 0 Å². The van der Waals surface area contributed by atoms with Gasteiger partial charge in [-0.05, 0) is 42.2 Å². The van der Waals surface area contributed by atoms with Crippen molar-refractivity contribution in [2.24, 2.45) is 0 Å². The van der Waals surface area contributed by atoms with Crippen molar-refractivity contribution >= 4 is 29.0 Å². The topological polar surface area (TPSA) is 35.5 Å². The zero-order valence-electron chi connectivity index (χ0n) is 13.9. The molecule has 3 nitrogen and oxygen atoms in total. The molecule has 24 heavy (non-hydrogen) atoms. The second kappa shape index (κ2) is 8.41. The predicted molar refractivity (Wildman–Crippen MR) is 98.0 cm³/mol. The van der Waals surface area contributed by atoms with E-state index < -0.39 is 0 Å². The molecule has 0 aliphatic carbocycles. The number of halogens is 2. The summed E-state index contributed by atoms with van der Waals surface area (Å²) in [6, 6.07) is 10.6. The third-order valence-corrected chi connectivity index (χ3v) is 4.58. The van der Waals surface area contributed by atoms with E-state index in [0.29, 0.717) is 22.0 Å². The van der Waals surface area contributed by atoms with Crippen molar-refractivity contribution in [3.05, 3.63) is 57.6 Å². The standard InChI is InChI=1S/C19H20Cl2O3/c1-4-12(15-8-6-14(23-2)11-19(15)24-3)9-18(22)16-7-5-13(20)10-17(16)21/h5-8,10-12H,4,9H2,1-3H3. The maximum atomic E-state index is 12.6. The van der Waals surface area contributed by atoms with Gasteiger partial charge < -0.3 is 9.47 Å². The zero-order chi connectivity index (χ0) is 17.7. The number of Topliss-reactive ketones (excluding diaryl/α,β-unsaturated/α-hetero) is 1. The molecule has 2 aromatic rings. The molecular weight excluding hydrogens is 347 g/mol. The first-order valence-corrected chi connectivity index (χ1v) is 8.45. The molecule has 0 saturated carbocycles. The second-order valence-corrected chi connectivity index (χ2v) is 6.31. The van der Waals surface area contributed by atoms with Crippen molar-refractivity contribution in [2.45, 2.75) is 25.7 Å². The molecule has 0 aromatic heterocycles. The van der Waals surface area contributed by atoms with Crippen molar-refractivity contribution in [1.82, 2.24) is 0 Å². The van der Waals surface area contributed by atoms with E-state index in [-0.39, 0.29) is 11.7 Å². The lowest BCUT2D eigenvalue weighted by molar-refractivity contribution is 0.0972. The molecule has 0 saturated heterocycles. The molecule has 0 spiro atoms. The van der Waals surface area contributed by atoms with Gasteiger partial charge in [-0.15, -0.1) is 0 Å². The monoisotopic (exact) mass is 366 g/mol. The maximum Gasteiger partial charge on any atom is 0.164 e. The van der Waals surface area contributed by atoms with Gasteiger partial charge in [0.2, 0.25) is 0 Å². The summed E-state index contributed by atoms with van der Waals surface area (Å²) in [6.07, 6.45) is 1.15. The summed E-state index contributed by atoms with van der Waals surface area (Å²) < 4.78 is 10.7. The van der Waals surface area contributed by atoms with Crippen molar-refractivity contribution in [1.29, 1.82) is 0 Å². The van der Waals surface area contributed by atoms with Gasteiger partial charge in [-0.3, -0.25) is 4.79 Å². The first kappa shape index (κ1) is 18.6. The molecule has 2 rings (SSSR count). The van der Waals surface area contributed by atoms with E-state index in [4.69, 9.17) is 32.7 Å². The van der Waals surface area contributed by atoms with E-state index in [0.717, 1.165) is 23.5 Å². The molecular formula is C19H20Cl2O3. The van der Waals surface area contributed by atoms with Crippen molar-refractivity contribution in [2.75, 3.05) is 14.2 Å². The molecule has 1 atom stereocenters. The molecule has 0 N–H and O–H groups in total. The lowest BCUT2D eigenvalue weighted by Gasteiger charge is -2.19. The largest absolute Gasteiger partial charge is 0.497 e. The number of methoxy groups -OCH3 is 2. The minimum absolute atomic E-state index is 0.0126.